The Kier molecular flexibility index (Phi) is 3.23. The number of piperidine rings is 1. The highest BCUT2D eigenvalue weighted by Gasteiger charge is 2.26. The molecular weight excluding hydrogens is 318 g/mol. The molecule has 5 rings (SSSR count). The minimum absolute atomic E-state index is 0.472. The third-order valence-electron chi connectivity index (χ3n) is 4.71. The molecule has 1 aliphatic heterocycles. The van der Waals surface area contributed by atoms with Crippen LogP contribution in [-0.4, -0.2) is 33.0 Å². The number of nitrogens with one attached hydrogen (secondary N) is 1. The summed E-state index contributed by atoms with van der Waals surface area (Å²) >= 11 is 1.83. The lowest BCUT2D eigenvalue weighted by molar-refractivity contribution is 0.507. The monoisotopic (exact) mass is 335 g/mol. The van der Waals surface area contributed by atoms with E-state index in [1.54, 1.807) is 6.33 Å². The number of anilines is 1. The number of H-pyrrole nitrogens is 1. The molecule has 4 aromatic rings. The van der Waals surface area contributed by atoms with Crippen LogP contribution >= 0.6 is 11.3 Å². The highest BCUT2D eigenvalue weighted by Crippen LogP contribution is 2.35. The van der Waals surface area contributed by atoms with Gasteiger partial charge in [-0.25, -0.2) is 15.0 Å². The number of aromatic nitrogens is 4. The topological polar surface area (TPSA) is 57.7 Å². The van der Waals surface area contributed by atoms with Crippen LogP contribution in [-0.2, 0) is 0 Å². The predicted molar refractivity (Wildman–Crippen MR) is 97.7 cm³/mol. The summed E-state index contributed by atoms with van der Waals surface area (Å²) in [5.41, 5.74) is 2.02. The summed E-state index contributed by atoms with van der Waals surface area (Å²) in [4.78, 5) is 19.3. The maximum Gasteiger partial charge on any atom is 0.142 e. The molecule has 6 heteroatoms. The third kappa shape index (κ3) is 2.26. The Hall–Kier alpha value is -2.47. The average molecular weight is 335 g/mol. The van der Waals surface area contributed by atoms with Crippen molar-refractivity contribution in [2.24, 2.45) is 0 Å². The molecule has 1 atom stereocenters. The van der Waals surface area contributed by atoms with Crippen LogP contribution in [0.3, 0.4) is 0 Å². The Labute approximate surface area is 143 Å². The molecule has 0 radical (unpaired) electrons. The zero-order valence-electron chi connectivity index (χ0n) is 13.1. The van der Waals surface area contributed by atoms with E-state index in [-0.39, 0.29) is 0 Å². The van der Waals surface area contributed by atoms with E-state index in [1.807, 2.05) is 17.5 Å². The minimum atomic E-state index is 0.472. The van der Waals surface area contributed by atoms with Gasteiger partial charge in [-0.15, -0.1) is 11.3 Å². The zero-order chi connectivity index (χ0) is 15.9. The van der Waals surface area contributed by atoms with Gasteiger partial charge >= 0.3 is 0 Å². The fraction of sp³-hybridized carbons (Fsp3) is 0.278. The first-order valence-electron chi connectivity index (χ1n) is 8.27. The van der Waals surface area contributed by atoms with Gasteiger partial charge in [0.05, 0.1) is 20.6 Å². The first-order chi connectivity index (χ1) is 11.9. The Morgan fingerprint density at radius 2 is 2.12 bits per heavy atom. The highest BCUT2D eigenvalue weighted by molar-refractivity contribution is 7.18. The van der Waals surface area contributed by atoms with Crippen molar-refractivity contribution in [1.29, 1.82) is 0 Å². The maximum absolute atomic E-state index is 4.87. The third-order valence-corrected chi connectivity index (χ3v) is 5.91. The van der Waals surface area contributed by atoms with Crippen molar-refractivity contribution in [3.63, 3.8) is 0 Å². The van der Waals surface area contributed by atoms with Crippen LogP contribution < -0.4 is 4.90 Å². The van der Waals surface area contributed by atoms with Gasteiger partial charge in [0.25, 0.3) is 0 Å². The van der Waals surface area contributed by atoms with E-state index in [1.165, 1.54) is 16.1 Å². The summed E-state index contributed by atoms with van der Waals surface area (Å²) in [6.45, 7) is 2.01. The first kappa shape index (κ1) is 13.9. The fourth-order valence-corrected chi connectivity index (χ4v) is 4.64. The Morgan fingerprint density at radius 1 is 1.17 bits per heavy atom. The lowest BCUT2D eigenvalue weighted by Crippen LogP contribution is -2.35. The van der Waals surface area contributed by atoms with Gasteiger partial charge in [0, 0.05) is 25.2 Å². The molecule has 120 valence electrons. The van der Waals surface area contributed by atoms with Crippen molar-refractivity contribution < 1.29 is 0 Å². The number of fused-ring (bicyclic) bond motifs is 2. The van der Waals surface area contributed by atoms with Gasteiger partial charge in [0.2, 0.25) is 0 Å². The Bertz CT molecular complexity index is 972. The van der Waals surface area contributed by atoms with Crippen LogP contribution in [0.2, 0.25) is 0 Å². The smallest absolute Gasteiger partial charge is 0.142 e. The molecule has 24 heavy (non-hydrogen) atoms. The van der Waals surface area contributed by atoms with E-state index in [0.29, 0.717) is 5.92 Å². The minimum Gasteiger partial charge on any atom is -0.355 e. The summed E-state index contributed by atoms with van der Waals surface area (Å²) in [6, 6.07) is 10.5. The van der Waals surface area contributed by atoms with Gasteiger partial charge in [0.15, 0.2) is 0 Å². The second-order valence-corrected chi connectivity index (χ2v) is 7.30. The van der Waals surface area contributed by atoms with Crippen LogP contribution in [0, 0.1) is 0 Å². The molecule has 1 aliphatic rings. The van der Waals surface area contributed by atoms with Crippen LogP contribution in [0.25, 0.3) is 21.3 Å². The molecule has 5 nitrogen and oxygen atoms in total. The molecule has 1 aromatic carbocycles. The number of hydrogen-bond acceptors (Lipinski definition) is 5. The number of hydrogen-bond donors (Lipinski definition) is 1. The average Bonchev–Trinajstić information content (AvgIpc) is 3.28. The number of benzene rings is 1. The van der Waals surface area contributed by atoms with Crippen LogP contribution in [0.1, 0.15) is 23.8 Å². The molecule has 1 saturated heterocycles. The van der Waals surface area contributed by atoms with Crippen LogP contribution in [0.5, 0.6) is 0 Å². The number of rotatable bonds is 2. The van der Waals surface area contributed by atoms with E-state index in [0.717, 1.165) is 41.9 Å². The largest absolute Gasteiger partial charge is 0.355 e. The second-order valence-electron chi connectivity index (χ2n) is 6.24. The number of para-hydroxylation sites is 1. The Balaban J connectivity index is 1.48. The van der Waals surface area contributed by atoms with Crippen molar-refractivity contribution in [2.45, 2.75) is 18.8 Å². The molecule has 1 N–H and O–H groups in total. The molecule has 1 fully saturated rings. The van der Waals surface area contributed by atoms with Gasteiger partial charge in [-0.05, 0) is 31.0 Å². The quantitative estimate of drug-likeness (QED) is 0.602. The molecular formula is C18H17N5S. The van der Waals surface area contributed by atoms with Crippen molar-refractivity contribution >= 4 is 38.4 Å². The molecule has 0 saturated carbocycles. The number of aromatic amines is 1. The van der Waals surface area contributed by atoms with Crippen LogP contribution in [0.4, 0.5) is 5.82 Å². The molecule has 0 unspecified atom stereocenters. The summed E-state index contributed by atoms with van der Waals surface area (Å²) in [6.07, 6.45) is 5.93. The first-order valence-corrected chi connectivity index (χ1v) is 9.08. The molecule has 4 heterocycles. The van der Waals surface area contributed by atoms with E-state index in [9.17, 15) is 0 Å². The molecule has 0 aliphatic carbocycles. The summed E-state index contributed by atoms with van der Waals surface area (Å²) in [5, 5.41) is 2.35. The van der Waals surface area contributed by atoms with Crippen molar-refractivity contribution in [3.05, 3.63) is 47.9 Å². The number of thiazole rings is 1. The second kappa shape index (κ2) is 5.56. The number of nitrogens with zero attached hydrogens (tertiary/aromatic N) is 4. The van der Waals surface area contributed by atoms with E-state index in [4.69, 9.17) is 4.98 Å². The van der Waals surface area contributed by atoms with E-state index < -0.39 is 0 Å². The van der Waals surface area contributed by atoms with E-state index in [2.05, 4.69) is 50.2 Å². The van der Waals surface area contributed by atoms with Crippen molar-refractivity contribution in [2.75, 3.05) is 18.0 Å². The Morgan fingerprint density at radius 3 is 3.08 bits per heavy atom. The maximum atomic E-state index is 4.87. The summed E-state index contributed by atoms with van der Waals surface area (Å²) in [5.74, 6) is 1.51. The van der Waals surface area contributed by atoms with Gasteiger partial charge in [-0.3, -0.25) is 0 Å². The molecule has 3 aromatic heterocycles. The lowest BCUT2D eigenvalue weighted by Gasteiger charge is -2.32. The normalized spacial score (nSPS) is 18.5. The SMILES string of the molecule is c1ccc2sc([C@@H]3CCCN(c4ncnc5[nH]ccc45)C3)nc2c1. The standard InChI is InChI=1S/C18H17N5S/c1-2-6-15-14(5-1)22-18(24-15)12-4-3-9-23(10-12)17-13-7-8-19-16(13)20-11-21-17/h1-2,5-8,11-12H,3-4,9-10H2,(H,19,20,21)/t12-/m1/s1. The highest BCUT2D eigenvalue weighted by atomic mass is 32.1. The predicted octanol–water partition coefficient (Wildman–Crippen LogP) is 3.95. The lowest BCUT2D eigenvalue weighted by atomic mass is 9.98. The van der Waals surface area contributed by atoms with Gasteiger partial charge in [-0.2, -0.15) is 0 Å². The van der Waals surface area contributed by atoms with Crippen molar-refractivity contribution in [3.8, 4) is 0 Å². The molecule has 0 spiro atoms. The summed E-state index contributed by atoms with van der Waals surface area (Å²) in [7, 11) is 0. The fourth-order valence-electron chi connectivity index (χ4n) is 3.55. The van der Waals surface area contributed by atoms with Gasteiger partial charge < -0.3 is 9.88 Å². The molecule has 0 amide bonds. The van der Waals surface area contributed by atoms with Crippen LogP contribution in [0.15, 0.2) is 42.9 Å². The van der Waals surface area contributed by atoms with E-state index >= 15 is 0 Å². The van der Waals surface area contributed by atoms with Crippen molar-refractivity contribution in [1.82, 2.24) is 19.9 Å². The van der Waals surface area contributed by atoms with Gasteiger partial charge in [0.1, 0.15) is 17.8 Å². The summed E-state index contributed by atoms with van der Waals surface area (Å²) < 4.78 is 1.28. The van der Waals surface area contributed by atoms with Gasteiger partial charge in [-0.1, -0.05) is 12.1 Å². The zero-order valence-corrected chi connectivity index (χ0v) is 14.0. The molecule has 0 bridgehead atoms.